The Labute approximate surface area is 138 Å². The van der Waals surface area contributed by atoms with Gasteiger partial charge in [0.25, 0.3) is 0 Å². The molecule has 1 amide bonds. The van der Waals surface area contributed by atoms with E-state index in [2.05, 4.69) is 5.32 Å². The lowest BCUT2D eigenvalue weighted by atomic mass is 9.85. The van der Waals surface area contributed by atoms with Gasteiger partial charge in [-0.05, 0) is 25.0 Å². The maximum Gasteiger partial charge on any atom is 0.418 e. The highest BCUT2D eigenvalue weighted by atomic mass is 32.2. The average molecular weight is 364 g/mol. The Kier molecular flexibility index (Phi) is 5.42. The minimum atomic E-state index is -4.67. The van der Waals surface area contributed by atoms with E-state index in [1.807, 2.05) is 0 Å². The Morgan fingerprint density at radius 3 is 2.42 bits per heavy atom. The lowest BCUT2D eigenvalue weighted by Gasteiger charge is -2.27. The molecule has 1 aliphatic rings. The first kappa shape index (κ1) is 18.6. The Morgan fingerprint density at radius 2 is 1.92 bits per heavy atom. The fourth-order valence-corrected chi connectivity index (χ4v) is 3.43. The number of hydrogen-bond donors (Lipinski definition) is 1. The van der Waals surface area contributed by atoms with Crippen molar-refractivity contribution in [3.05, 3.63) is 29.8 Å². The van der Waals surface area contributed by atoms with Crippen LogP contribution in [0.15, 0.2) is 24.3 Å². The van der Waals surface area contributed by atoms with E-state index in [9.17, 15) is 26.4 Å². The Balaban J connectivity index is 2.16. The molecular formula is C15H19F3N2O3S. The van der Waals surface area contributed by atoms with Crippen LogP contribution in [0.5, 0.6) is 0 Å². The van der Waals surface area contributed by atoms with E-state index in [1.54, 1.807) is 0 Å². The minimum Gasteiger partial charge on any atom is -0.354 e. The maximum absolute atomic E-state index is 13.1. The molecule has 5 nitrogen and oxygen atoms in total. The third-order valence-corrected chi connectivity index (χ3v) is 5.15. The number of halogens is 3. The van der Waals surface area contributed by atoms with E-state index >= 15 is 0 Å². The van der Waals surface area contributed by atoms with Gasteiger partial charge < -0.3 is 5.32 Å². The summed E-state index contributed by atoms with van der Waals surface area (Å²) in [5.41, 5.74) is -1.47. The van der Waals surface area contributed by atoms with Gasteiger partial charge in [-0.3, -0.25) is 9.10 Å². The summed E-state index contributed by atoms with van der Waals surface area (Å²) in [6, 6.07) is 4.49. The minimum absolute atomic E-state index is 0.0470. The zero-order valence-electron chi connectivity index (χ0n) is 13.1. The number of hydrogen-bond acceptors (Lipinski definition) is 3. The SMILES string of the molecule is CS(=O)(=O)N(CCNC(=O)C1CCC1)c1ccccc1C(F)(F)F. The first-order valence-corrected chi connectivity index (χ1v) is 9.37. The summed E-state index contributed by atoms with van der Waals surface area (Å²) in [5.74, 6) is -0.252. The molecule has 0 saturated heterocycles. The summed E-state index contributed by atoms with van der Waals surface area (Å²) in [7, 11) is -3.93. The molecule has 0 aliphatic heterocycles. The molecular weight excluding hydrogens is 345 g/mol. The van der Waals surface area contributed by atoms with Gasteiger partial charge >= 0.3 is 6.18 Å². The van der Waals surface area contributed by atoms with Crippen molar-refractivity contribution in [1.82, 2.24) is 5.32 Å². The average Bonchev–Trinajstić information content (AvgIpc) is 2.39. The molecule has 1 aromatic rings. The Morgan fingerprint density at radius 1 is 1.29 bits per heavy atom. The highest BCUT2D eigenvalue weighted by Gasteiger charge is 2.36. The van der Waals surface area contributed by atoms with Gasteiger partial charge in [0, 0.05) is 12.5 Å². The van der Waals surface area contributed by atoms with Crippen LogP contribution < -0.4 is 9.62 Å². The van der Waals surface area contributed by atoms with Crippen molar-refractivity contribution in [3.63, 3.8) is 0 Å². The van der Waals surface area contributed by atoms with Gasteiger partial charge in [-0.1, -0.05) is 18.6 Å². The highest BCUT2D eigenvalue weighted by Crippen LogP contribution is 2.37. The number of rotatable bonds is 6. The molecule has 0 unspecified atom stereocenters. The number of sulfonamides is 1. The van der Waals surface area contributed by atoms with Crippen LogP contribution in [-0.4, -0.2) is 33.7 Å². The number of carbonyl (C=O) groups excluding carboxylic acids is 1. The predicted octanol–water partition coefficient (Wildman–Crippen LogP) is 2.39. The second kappa shape index (κ2) is 7.00. The molecule has 0 spiro atoms. The molecule has 0 aromatic heterocycles. The lowest BCUT2D eigenvalue weighted by Crippen LogP contribution is -2.41. The molecule has 134 valence electrons. The van der Waals surface area contributed by atoms with Crippen LogP contribution in [0.1, 0.15) is 24.8 Å². The van der Waals surface area contributed by atoms with Crippen molar-refractivity contribution in [2.24, 2.45) is 5.92 Å². The smallest absolute Gasteiger partial charge is 0.354 e. The monoisotopic (exact) mass is 364 g/mol. The lowest BCUT2D eigenvalue weighted by molar-refractivity contribution is -0.137. The predicted molar refractivity (Wildman–Crippen MR) is 84.0 cm³/mol. The van der Waals surface area contributed by atoms with E-state index in [4.69, 9.17) is 0 Å². The van der Waals surface area contributed by atoms with Gasteiger partial charge in [0.05, 0.1) is 24.1 Å². The standard InChI is InChI=1S/C15H19F3N2O3S/c1-24(22,23)20(10-9-19-14(21)11-5-4-6-11)13-8-3-2-7-12(13)15(16,17)18/h2-3,7-8,11H,4-6,9-10H2,1H3,(H,19,21). The molecule has 2 rings (SSSR count). The summed E-state index contributed by atoms with van der Waals surface area (Å²) in [6.07, 6.45) is -1.27. The Bertz CT molecular complexity index is 700. The number of para-hydroxylation sites is 1. The summed E-state index contributed by atoms with van der Waals surface area (Å²) in [6.45, 7) is -0.307. The van der Waals surface area contributed by atoms with Crippen LogP contribution in [0, 0.1) is 5.92 Å². The summed E-state index contributed by atoms with van der Waals surface area (Å²) in [4.78, 5) is 11.8. The first-order valence-electron chi connectivity index (χ1n) is 7.52. The number of anilines is 1. The highest BCUT2D eigenvalue weighted by molar-refractivity contribution is 7.92. The second-order valence-electron chi connectivity index (χ2n) is 5.77. The third kappa shape index (κ3) is 4.40. The molecule has 0 radical (unpaired) electrons. The van der Waals surface area contributed by atoms with Crippen LogP contribution in [0.3, 0.4) is 0 Å². The van der Waals surface area contributed by atoms with E-state index in [0.29, 0.717) is 4.31 Å². The van der Waals surface area contributed by atoms with Gasteiger partial charge in [0.1, 0.15) is 0 Å². The Hall–Kier alpha value is -1.77. The quantitative estimate of drug-likeness (QED) is 0.843. The number of benzene rings is 1. The number of nitrogens with zero attached hydrogens (tertiary/aromatic N) is 1. The van der Waals surface area contributed by atoms with E-state index in [0.717, 1.165) is 37.7 Å². The van der Waals surface area contributed by atoms with Gasteiger partial charge in [-0.2, -0.15) is 13.2 Å². The van der Waals surface area contributed by atoms with Crippen molar-refractivity contribution >= 4 is 21.6 Å². The number of alkyl halides is 3. The second-order valence-corrected chi connectivity index (χ2v) is 7.68. The molecule has 0 atom stereocenters. The number of nitrogens with one attached hydrogen (secondary N) is 1. The van der Waals surface area contributed by atoms with Crippen LogP contribution in [0.4, 0.5) is 18.9 Å². The number of amides is 1. The van der Waals surface area contributed by atoms with Crippen LogP contribution in [-0.2, 0) is 21.0 Å². The van der Waals surface area contributed by atoms with Crippen LogP contribution in [0.2, 0.25) is 0 Å². The van der Waals surface area contributed by atoms with E-state index in [-0.39, 0.29) is 24.9 Å². The van der Waals surface area contributed by atoms with Gasteiger partial charge in [-0.15, -0.1) is 0 Å². The third-order valence-electron chi connectivity index (χ3n) is 3.97. The van der Waals surface area contributed by atoms with E-state index in [1.165, 1.54) is 12.1 Å². The first-order chi connectivity index (χ1) is 11.1. The fourth-order valence-electron chi connectivity index (χ4n) is 2.49. The summed E-state index contributed by atoms with van der Waals surface area (Å²) in [5, 5.41) is 2.59. The van der Waals surface area contributed by atoms with Crippen molar-refractivity contribution < 1.29 is 26.4 Å². The van der Waals surface area contributed by atoms with E-state index < -0.39 is 27.5 Å². The molecule has 0 heterocycles. The van der Waals surface area contributed by atoms with Crippen LogP contribution in [0.25, 0.3) is 0 Å². The van der Waals surface area contributed by atoms with Crippen molar-refractivity contribution in [2.75, 3.05) is 23.7 Å². The summed E-state index contributed by atoms with van der Waals surface area (Å²) >= 11 is 0. The van der Waals surface area contributed by atoms with Gasteiger partial charge in [-0.25, -0.2) is 8.42 Å². The van der Waals surface area contributed by atoms with Gasteiger partial charge in [0.2, 0.25) is 15.9 Å². The largest absolute Gasteiger partial charge is 0.418 e. The molecule has 1 N–H and O–H groups in total. The summed E-state index contributed by atoms with van der Waals surface area (Å²) < 4.78 is 63.9. The fraction of sp³-hybridized carbons (Fsp3) is 0.533. The zero-order valence-corrected chi connectivity index (χ0v) is 14.0. The normalized spacial score (nSPS) is 15.7. The molecule has 9 heteroatoms. The van der Waals surface area contributed by atoms with Crippen molar-refractivity contribution in [2.45, 2.75) is 25.4 Å². The number of carbonyl (C=O) groups is 1. The molecule has 24 heavy (non-hydrogen) atoms. The molecule has 1 fully saturated rings. The van der Waals surface area contributed by atoms with Crippen LogP contribution >= 0.6 is 0 Å². The maximum atomic E-state index is 13.1. The van der Waals surface area contributed by atoms with Gasteiger partial charge in [0.15, 0.2) is 0 Å². The molecule has 1 aromatic carbocycles. The topological polar surface area (TPSA) is 66.5 Å². The molecule has 0 bridgehead atoms. The van der Waals surface area contributed by atoms with Crippen molar-refractivity contribution in [3.8, 4) is 0 Å². The zero-order chi connectivity index (χ0) is 18.0. The molecule has 1 aliphatic carbocycles. The molecule has 1 saturated carbocycles. The van der Waals surface area contributed by atoms with Crippen molar-refractivity contribution in [1.29, 1.82) is 0 Å².